The average molecular weight is 434 g/mol. The molecule has 2 aromatic rings. The Morgan fingerprint density at radius 2 is 1.77 bits per heavy atom. The summed E-state index contributed by atoms with van der Waals surface area (Å²) in [7, 11) is 0. The highest BCUT2D eigenvalue weighted by Gasteiger charge is 2.51. The van der Waals surface area contributed by atoms with Gasteiger partial charge < -0.3 is 15.2 Å². The van der Waals surface area contributed by atoms with Crippen LogP contribution in [-0.2, 0) is 4.74 Å². The van der Waals surface area contributed by atoms with Crippen molar-refractivity contribution in [2.75, 3.05) is 13.2 Å². The molecule has 4 fully saturated rings. The summed E-state index contributed by atoms with van der Waals surface area (Å²) in [5.74, 6) is 2.61. The van der Waals surface area contributed by atoms with E-state index >= 15 is 0 Å². The molecule has 164 valence electrons. The molecule has 0 radical (unpaired) electrons. The number of aliphatic hydroxyl groups excluding tert-OH is 1. The van der Waals surface area contributed by atoms with Gasteiger partial charge in [-0.25, -0.2) is 4.68 Å². The van der Waals surface area contributed by atoms with Crippen LogP contribution in [0.1, 0.15) is 57.1 Å². The number of halogens is 1. The molecule has 4 saturated carbocycles. The number of nitrogens with zero attached hydrogens (tertiary/aromatic N) is 4. The van der Waals surface area contributed by atoms with Crippen LogP contribution < -0.4 is 5.32 Å². The molecule has 2 unspecified atom stereocenters. The number of benzene rings is 1. The molecule has 8 heteroatoms. The maximum atomic E-state index is 10.5. The van der Waals surface area contributed by atoms with Crippen molar-refractivity contribution >= 4 is 12.4 Å². The van der Waals surface area contributed by atoms with E-state index in [1.165, 1.54) is 38.5 Å². The Labute approximate surface area is 184 Å². The third-order valence-corrected chi connectivity index (χ3v) is 7.23. The normalized spacial score (nSPS) is 31.3. The highest BCUT2D eigenvalue weighted by molar-refractivity contribution is 5.85. The fourth-order valence-corrected chi connectivity index (χ4v) is 6.17. The van der Waals surface area contributed by atoms with Crippen molar-refractivity contribution in [3.05, 3.63) is 36.2 Å². The summed E-state index contributed by atoms with van der Waals surface area (Å²) in [6.07, 6.45) is 8.97. The van der Waals surface area contributed by atoms with Gasteiger partial charge in [0.2, 0.25) is 0 Å². The van der Waals surface area contributed by atoms with E-state index in [0.29, 0.717) is 13.2 Å². The lowest BCUT2D eigenvalue weighted by atomic mass is 9.54. The number of aliphatic hydroxyl groups is 1. The molecular weight excluding hydrogens is 402 g/mol. The number of rotatable bonds is 8. The highest BCUT2D eigenvalue weighted by Crippen LogP contribution is 2.57. The molecule has 6 rings (SSSR count). The van der Waals surface area contributed by atoms with E-state index in [1.54, 1.807) is 11.0 Å². The van der Waals surface area contributed by atoms with Crippen molar-refractivity contribution in [2.45, 2.75) is 63.2 Å². The average Bonchev–Trinajstić information content (AvgIpc) is 3.24. The zero-order valence-corrected chi connectivity index (χ0v) is 18.3. The van der Waals surface area contributed by atoms with Gasteiger partial charge in [-0.05, 0) is 91.3 Å². The second-order valence-electron chi connectivity index (χ2n) is 9.54. The van der Waals surface area contributed by atoms with Crippen LogP contribution in [0.5, 0.6) is 0 Å². The molecule has 30 heavy (non-hydrogen) atoms. The zero-order chi connectivity index (χ0) is 19.8. The predicted octanol–water partition coefficient (Wildman–Crippen LogP) is 3.08. The Kier molecular flexibility index (Phi) is 6.44. The van der Waals surface area contributed by atoms with Crippen LogP contribution in [0.15, 0.2) is 30.6 Å². The van der Waals surface area contributed by atoms with Crippen LogP contribution in [0.2, 0.25) is 0 Å². The minimum Gasteiger partial charge on any atom is -0.389 e. The number of hydrogen-bond donors (Lipinski definition) is 2. The Bertz CT molecular complexity index is 778. The second-order valence-corrected chi connectivity index (χ2v) is 9.54. The molecule has 1 heterocycles. The van der Waals surface area contributed by atoms with Gasteiger partial charge in [-0.1, -0.05) is 12.1 Å². The molecule has 0 spiro atoms. The van der Waals surface area contributed by atoms with Gasteiger partial charge in [0, 0.05) is 12.6 Å². The van der Waals surface area contributed by atoms with E-state index in [1.807, 2.05) is 12.1 Å². The summed E-state index contributed by atoms with van der Waals surface area (Å²) in [5, 5.41) is 25.2. The first-order valence-electron chi connectivity index (χ1n) is 11.0. The lowest BCUT2D eigenvalue weighted by Gasteiger charge is -2.56. The Morgan fingerprint density at radius 1 is 1.13 bits per heavy atom. The summed E-state index contributed by atoms with van der Waals surface area (Å²) in [6.45, 7) is 3.07. The summed E-state index contributed by atoms with van der Waals surface area (Å²) in [6, 6.07) is 8.26. The summed E-state index contributed by atoms with van der Waals surface area (Å²) in [4.78, 5) is 0. The van der Waals surface area contributed by atoms with E-state index in [4.69, 9.17) is 4.74 Å². The molecule has 1 aromatic heterocycles. The van der Waals surface area contributed by atoms with Gasteiger partial charge >= 0.3 is 0 Å². The number of hydrogen-bond acceptors (Lipinski definition) is 6. The number of tetrazole rings is 1. The van der Waals surface area contributed by atoms with Crippen LogP contribution in [0.25, 0.3) is 5.69 Å². The standard InChI is InChI=1S/C22H31N5O2.ClH/c1-15(19-2-4-20(5-3-19)27-14-24-25-26-27)23-12-21(28)13-29-22-9-16-6-17(10-22)8-18(7-16)11-22;/h2-5,14-18,21,23,28H,6-13H2,1H3;1H. The smallest absolute Gasteiger partial charge is 0.143 e. The molecule has 0 saturated heterocycles. The summed E-state index contributed by atoms with van der Waals surface area (Å²) in [5.41, 5.74) is 2.15. The maximum absolute atomic E-state index is 10.5. The molecule has 4 aliphatic rings. The number of aromatic nitrogens is 4. The van der Waals surface area contributed by atoms with Gasteiger partial charge in [-0.15, -0.1) is 17.5 Å². The highest BCUT2D eigenvalue weighted by atomic mass is 35.5. The van der Waals surface area contributed by atoms with Crippen LogP contribution in [0.3, 0.4) is 0 Å². The quantitative estimate of drug-likeness (QED) is 0.665. The number of nitrogens with one attached hydrogen (secondary N) is 1. The first-order valence-corrected chi connectivity index (χ1v) is 11.0. The fourth-order valence-electron chi connectivity index (χ4n) is 6.17. The van der Waals surface area contributed by atoms with Gasteiger partial charge in [0.1, 0.15) is 6.33 Å². The molecule has 2 atom stereocenters. The van der Waals surface area contributed by atoms with Crippen molar-refractivity contribution in [3.63, 3.8) is 0 Å². The van der Waals surface area contributed by atoms with Gasteiger partial charge in [0.05, 0.1) is 24.0 Å². The fraction of sp³-hybridized carbons (Fsp3) is 0.682. The Hall–Kier alpha value is -1.54. The van der Waals surface area contributed by atoms with Crippen molar-refractivity contribution in [1.29, 1.82) is 0 Å². The van der Waals surface area contributed by atoms with E-state index in [0.717, 1.165) is 29.0 Å². The maximum Gasteiger partial charge on any atom is 0.143 e. The van der Waals surface area contributed by atoms with Crippen molar-refractivity contribution in [1.82, 2.24) is 25.5 Å². The lowest BCUT2D eigenvalue weighted by Crippen LogP contribution is -2.53. The largest absolute Gasteiger partial charge is 0.389 e. The molecule has 4 aliphatic carbocycles. The minimum absolute atomic E-state index is 0. The van der Waals surface area contributed by atoms with Crippen LogP contribution in [-0.4, -0.2) is 50.2 Å². The van der Waals surface area contributed by atoms with E-state index in [-0.39, 0.29) is 24.0 Å². The van der Waals surface area contributed by atoms with Gasteiger partial charge in [0.15, 0.2) is 0 Å². The lowest BCUT2D eigenvalue weighted by molar-refractivity contribution is -0.174. The summed E-state index contributed by atoms with van der Waals surface area (Å²) >= 11 is 0. The van der Waals surface area contributed by atoms with Gasteiger partial charge in [-0.3, -0.25) is 0 Å². The second kappa shape index (κ2) is 8.91. The first-order chi connectivity index (χ1) is 14.1. The molecule has 1 aromatic carbocycles. The minimum atomic E-state index is -0.481. The van der Waals surface area contributed by atoms with E-state index in [2.05, 4.69) is 39.9 Å². The molecule has 0 aliphatic heterocycles. The molecule has 4 bridgehead atoms. The van der Waals surface area contributed by atoms with Crippen molar-refractivity contribution in [3.8, 4) is 5.69 Å². The Balaban J connectivity index is 0.00000218. The third-order valence-electron chi connectivity index (χ3n) is 7.23. The van der Waals surface area contributed by atoms with E-state index in [9.17, 15) is 5.11 Å². The molecule has 7 nitrogen and oxygen atoms in total. The zero-order valence-electron chi connectivity index (χ0n) is 17.5. The SMILES string of the molecule is CC(NCC(O)COC12CC3CC(CC(C3)C1)C2)c1ccc(-n2cnnn2)cc1.Cl. The van der Waals surface area contributed by atoms with Crippen molar-refractivity contribution in [2.24, 2.45) is 17.8 Å². The van der Waals surface area contributed by atoms with Crippen LogP contribution >= 0.6 is 12.4 Å². The topological polar surface area (TPSA) is 85.1 Å². The van der Waals surface area contributed by atoms with E-state index < -0.39 is 6.10 Å². The third kappa shape index (κ3) is 4.54. The summed E-state index contributed by atoms with van der Waals surface area (Å²) < 4.78 is 8.02. The molecule has 2 N–H and O–H groups in total. The first kappa shape index (κ1) is 21.7. The number of ether oxygens (including phenoxy) is 1. The molecular formula is C22H32ClN5O2. The Morgan fingerprint density at radius 3 is 2.33 bits per heavy atom. The van der Waals surface area contributed by atoms with Crippen molar-refractivity contribution < 1.29 is 9.84 Å². The van der Waals surface area contributed by atoms with Gasteiger partial charge in [0.25, 0.3) is 0 Å². The van der Waals surface area contributed by atoms with Crippen LogP contribution in [0.4, 0.5) is 0 Å². The monoisotopic (exact) mass is 433 g/mol. The van der Waals surface area contributed by atoms with Gasteiger partial charge in [-0.2, -0.15) is 0 Å². The van der Waals surface area contributed by atoms with Crippen LogP contribution in [0, 0.1) is 17.8 Å². The molecule has 0 amide bonds. The predicted molar refractivity (Wildman–Crippen MR) is 116 cm³/mol.